The highest BCUT2D eigenvalue weighted by Crippen LogP contribution is 2.29. The molecule has 0 saturated heterocycles. The van der Waals surface area contributed by atoms with Crippen molar-refractivity contribution >= 4 is 6.72 Å². The Morgan fingerprint density at radius 2 is 1.92 bits per heavy atom. The van der Waals surface area contributed by atoms with E-state index in [2.05, 4.69) is 11.7 Å². The lowest BCUT2D eigenvalue weighted by atomic mass is 10.2. The molecule has 0 amide bonds. The average Bonchev–Trinajstić information content (AvgIpc) is 1.96. The third kappa shape index (κ3) is 2.86. The van der Waals surface area contributed by atoms with Crippen LogP contribution in [0.15, 0.2) is 28.7 Å². The van der Waals surface area contributed by atoms with Crippen molar-refractivity contribution in [3.8, 4) is 0 Å². The highest BCUT2D eigenvalue weighted by atomic mass is 19.4. The zero-order valence-electron chi connectivity index (χ0n) is 6.32. The lowest BCUT2D eigenvalue weighted by molar-refractivity contribution is -0.0900. The lowest BCUT2D eigenvalue weighted by Crippen LogP contribution is -2.11. The summed E-state index contributed by atoms with van der Waals surface area (Å²) in [5, 5.41) is 0. The van der Waals surface area contributed by atoms with Gasteiger partial charge in [-0.1, -0.05) is 6.08 Å². The predicted molar refractivity (Wildman–Crippen MR) is 38.6 cm³/mol. The van der Waals surface area contributed by atoms with Crippen molar-refractivity contribution < 1.29 is 17.6 Å². The van der Waals surface area contributed by atoms with Gasteiger partial charge in [0.1, 0.15) is 5.57 Å². The van der Waals surface area contributed by atoms with Crippen LogP contribution in [0, 0.1) is 0 Å². The van der Waals surface area contributed by atoms with Gasteiger partial charge in [-0.25, -0.2) is 4.99 Å². The molecule has 0 unspecified atom stereocenters. The summed E-state index contributed by atoms with van der Waals surface area (Å²) in [6.45, 7) is 4.01. The number of aliphatic imine (C=N–C) groups is 1. The Balaban J connectivity index is 5.05. The maximum Gasteiger partial charge on any atom is 0.420 e. The van der Waals surface area contributed by atoms with Gasteiger partial charge in [0.2, 0.25) is 5.95 Å². The van der Waals surface area contributed by atoms with Gasteiger partial charge < -0.3 is 0 Å². The van der Waals surface area contributed by atoms with Crippen LogP contribution in [0.3, 0.4) is 0 Å². The van der Waals surface area contributed by atoms with Crippen molar-refractivity contribution in [3.63, 3.8) is 0 Å². The molecule has 0 aliphatic heterocycles. The number of halogens is 4. The molecule has 0 aliphatic carbocycles. The first kappa shape index (κ1) is 10.9. The first-order chi connectivity index (χ1) is 5.43. The molecule has 0 heterocycles. The van der Waals surface area contributed by atoms with E-state index in [1.54, 1.807) is 0 Å². The zero-order chi connectivity index (χ0) is 9.78. The van der Waals surface area contributed by atoms with Gasteiger partial charge in [0.25, 0.3) is 0 Å². The topological polar surface area (TPSA) is 12.4 Å². The summed E-state index contributed by atoms with van der Waals surface area (Å²) in [5.41, 5.74) is -1.42. The van der Waals surface area contributed by atoms with E-state index in [0.29, 0.717) is 6.08 Å². The van der Waals surface area contributed by atoms with E-state index in [0.717, 1.165) is 6.08 Å². The Labute approximate surface area is 67.1 Å². The maximum absolute atomic E-state index is 12.4. The fourth-order valence-corrected chi connectivity index (χ4v) is 0.532. The molecule has 0 rings (SSSR count). The van der Waals surface area contributed by atoms with Gasteiger partial charge in [0, 0.05) is 0 Å². The van der Waals surface area contributed by atoms with Crippen molar-refractivity contribution in [2.24, 2.45) is 4.99 Å². The summed E-state index contributed by atoms with van der Waals surface area (Å²) in [7, 11) is 0. The average molecular weight is 181 g/mol. The van der Waals surface area contributed by atoms with Crippen LogP contribution in [0.25, 0.3) is 0 Å². The molecule has 0 fully saturated rings. The summed E-state index contributed by atoms with van der Waals surface area (Å²) in [5.74, 6) is -1.61. The van der Waals surface area contributed by atoms with Crippen LogP contribution in [-0.2, 0) is 0 Å². The number of rotatable bonds is 2. The predicted octanol–water partition coefficient (Wildman–Crippen LogP) is 3.01. The monoisotopic (exact) mass is 181 g/mol. The minimum Gasteiger partial charge on any atom is -0.236 e. The third-order valence-corrected chi connectivity index (χ3v) is 1.000. The lowest BCUT2D eigenvalue weighted by Gasteiger charge is -2.06. The van der Waals surface area contributed by atoms with Crippen LogP contribution in [0.2, 0.25) is 0 Å². The molecule has 0 bridgehead atoms. The highest BCUT2D eigenvalue weighted by Gasteiger charge is 2.35. The normalized spacial score (nSPS) is 14.8. The Hall–Kier alpha value is -1.13. The smallest absolute Gasteiger partial charge is 0.236 e. The Kier molecular flexibility index (Phi) is 3.66. The molecule has 0 spiro atoms. The molecule has 0 atom stereocenters. The van der Waals surface area contributed by atoms with Gasteiger partial charge in [0.05, 0.1) is 0 Å². The van der Waals surface area contributed by atoms with Crippen LogP contribution >= 0.6 is 0 Å². The number of nitrogens with zero attached hydrogens (tertiary/aromatic N) is 1. The second kappa shape index (κ2) is 4.04. The van der Waals surface area contributed by atoms with Crippen molar-refractivity contribution in [1.29, 1.82) is 0 Å². The molecule has 0 radical (unpaired) electrons. The summed E-state index contributed by atoms with van der Waals surface area (Å²) in [6, 6.07) is 0. The quantitative estimate of drug-likeness (QED) is 0.269. The van der Waals surface area contributed by atoms with E-state index in [1.165, 1.54) is 6.92 Å². The van der Waals surface area contributed by atoms with Crippen LogP contribution < -0.4 is 0 Å². The molecule has 0 N–H and O–H groups in total. The number of hydrogen-bond donors (Lipinski definition) is 0. The second-order valence-corrected chi connectivity index (χ2v) is 1.86. The zero-order valence-corrected chi connectivity index (χ0v) is 6.32. The Morgan fingerprint density at radius 1 is 1.42 bits per heavy atom. The molecule has 1 nitrogen and oxygen atoms in total. The first-order valence-electron chi connectivity index (χ1n) is 3.00. The molecule has 0 aliphatic rings. The number of allylic oxidation sites excluding steroid dienone is 3. The molecule has 0 aromatic rings. The fraction of sp³-hybridized carbons (Fsp3) is 0.286. The van der Waals surface area contributed by atoms with Crippen LogP contribution in [0.1, 0.15) is 6.92 Å². The molecule has 12 heavy (non-hydrogen) atoms. The highest BCUT2D eigenvalue weighted by molar-refractivity contribution is 5.33. The van der Waals surface area contributed by atoms with Crippen molar-refractivity contribution in [3.05, 3.63) is 23.7 Å². The largest absolute Gasteiger partial charge is 0.420 e. The standard InChI is InChI=1S/C7H7F4N/c1-3-4-5(6(8)12-2)7(9,10)11/h3-4H,2H2,1H3/b4-3-,6-5+. The van der Waals surface area contributed by atoms with E-state index in [9.17, 15) is 17.6 Å². The maximum atomic E-state index is 12.4. The van der Waals surface area contributed by atoms with Gasteiger partial charge in [-0.3, -0.25) is 0 Å². The molecule has 0 saturated carbocycles. The molecular formula is C7H7F4N. The van der Waals surface area contributed by atoms with Crippen LogP contribution in [0.5, 0.6) is 0 Å². The Morgan fingerprint density at radius 3 is 2.17 bits per heavy atom. The molecule has 0 aromatic carbocycles. The summed E-state index contributed by atoms with van der Waals surface area (Å²) < 4.78 is 48.1. The molecule has 5 heteroatoms. The molecular weight excluding hydrogens is 174 g/mol. The van der Waals surface area contributed by atoms with E-state index in [-0.39, 0.29) is 0 Å². The second-order valence-electron chi connectivity index (χ2n) is 1.86. The number of hydrogen-bond acceptors (Lipinski definition) is 1. The number of alkyl halides is 3. The van der Waals surface area contributed by atoms with Gasteiger partial charge >= 0.3 is 6.18 Å². The summed E-state index contributed by atoms with van der Waals surface area (Å²) in [6.07, 6.45) is -3.05. The first-order valence-corrected chi connectivity index (χ1v) is 3.00. The van der Waals surface area contributed by atoms with Crippen LogP contribution in [0.4, 0.5) is 17.6 Å². The van der Waals surface area contributed by atoms with Gasteiger partial charge in [-0.15, -0.1) is 0 Å². The van der Waals surface area contributed by atoms with E-state index < -0.39 is 17.7 Å². The SMILES string of the molecule is C=N/C(F)=C(\C=C/C)C(F)(F)F. The van der Waals surface area contributed by atoms with E-state index in [1.807, 2.05) is 0 Å². The van der Waals surface area contributed by atoms with Crippen LogP contribution in [-0.4, -0.2) is 12.9 Å². The van der Waals surface area contributed by atoms with Gasteiger partial charge in [-0.2, -0.15) is 17.6 Å². The van der Waals surface area contributed by atoms with Gasteiger partial charge in [-0.05, 0) is 19.7 Å². The van der Waals surface area contributed by atoms with Crippen molar-refractivity contribution in [1.82, 2.24) is 0 Å². The van der Waals surface area contributed by atoms with E-state index in [4.69, 9.17) is 0 Å². The fourth-order valence-electron chi connectivity index (χ4n) is 0.532. The van der Waals surface area contributed by atoms with Crippen molar-refractivity contribution in [2.75, 3.05) is 0 Å². The molecule has 68 valence electrons. The minimum absolute atomic E-state index is 0.601. The summed E-state index contributed by atoms with van der Waals surface area (Å²) in [4.78, 5) is 2.57. The third-order valence-electron chi connectivity index (χ3n) is 1.000. The van der Waals surface area contributed by atoms with Crippen molar-refractivity contribution in [2.45, 2.75) is 13.1 Å². The van der Waals surface area contributed by atoms with Gasteiger partial charge in [0.15, 0.2) is 0 Å². The van der Waals surface area contributed by atoms with E-state index >= 15 is 0 Å². The Bertz CT molecular complexity index is 224. The molecule has 0 aromatic heterocycles. The summed E-state index contributed by atoms with van der Waals surface area (Å²) >= 11 is 0. The minimum atomic E-state index is -4.72.